The molecule has 0 bridgehead atoms. The van der Waals surface area contributed by atoms with Gasteiger partial charge in [-0.1, -0.05) is 24.6 Å². The number of nitrogens with zero attached hydrogens (tertiary/aromatic N) is 2. The number of amides is 1. The van der Waals surface area contributed by atoms with Gasteiger partial charge in [0.05, 0.1) is 4.90 Å². The van der Waals surface area contributed by atoms with Crippen LogP contribution in [0.15, 0.2) is 53.4 Å². The number of aryl methyl sites for hydroxylation is 1. The van der Waals surface area contributed by atoms with Crippen LogP contribution in [-0.4, -0.2) is 51.9 Å². The summed E-state index contributed by atoms with van der Waals surface area (Å²) >= 11 is 0. The molecule has 0 saturated carbocycles. The quantitative estimate of drug-likeness (QED) is 0.836. The molecular formula is C21H27N3O3S. The van der Waals surface area contributed by atoms with Crippen LogP contribution in [0.25, 0.3) is 0 Å². The van der Waals surface area contributed by atoms with E-state index in [0.717, 1.165) is 19.5 Å². The fourth-order valence-electron chi connectivity index (χ4n) is 3.37. The summed E-state index contributed by atoms with van der Waals surface area (Å²) in [6, 6.07) is 14.6. The molecule has 3 rings (SSSR count). The van der Waals surface area contributed by atoms with E-state index in [1.807, 2.05) is 4.90 Å². The highest BCUT2D eigenvalue weighted by molar-refractivity contribution is 7.89. The fraction of sp³-hybridized carbons (Fsp3) is 0.381. The highest BCUT2D eigenvalue weighted by atomic mass is 32.2. The second-order valence-electron chi connectivity index (χ2n) is 6.99. The molecule has 1 N–H and O–H groups in total. The molecule has 0 spiro atoms. The third-order valence-corrected chi connectivity index (χ3v) is 6.49. The minimum atomic E-state index is -3.51. The Morgan fingerprint density at radius 1 is 0.964 bits per heavy atom. The van der Waals surface area contributed by atoms with Crippen LogP contribution in [-0.2, 0) is 10.0 Å². The van der Waals surface area contributed by atoms with Crippen molar-refractivity contribution in [3.8, 4) is 0 Å². The molecule has 2 aromatic rings. The third-order valence-electron chi connectivity index (χ3n) is 4.93. The Balaban J connectivity index is 1.67. The van der Waals surface area contributed by atoms with Crippen LogP contribution in [0.4, 0.5) is 5.69 Å². The molecule has 1 heterocycles. The van der Waals surface area contributed by atoms with Gasteiger partial charge in [0, 0.05) is 44.0 Å². The Kier molecular flexibility index (Phi) is 6.36. The summed E-state index contributed by atoms with van der Waals surface area (Å²) in [5.41, 5.74) is 2.92. The normalized spacial score (nSPS) is 15.4. The maximum atomic E-state index is 12.9. The minimum absolute atomic E-state index is 0.0573. The molecule has 1 saturated heterocycles. The van der Waals surface area contributed by atoms with Gasteiger partial charge in [0.25, 0.3) is 5.91 Å². The smallest absolute Gasteiger partial charge is 0.253 e. The summed E-state index contributed by atoms with van der Waals surface area (Å²) in [6.07, 6.45) is 0.895. The predicted molar refractivity (Wildman–Crippen MR) is 111 cm³/mol. The van der Waals surface area contributed by atoms with Gasteiger partial charge in [-0.05, 0) is 49.7 Å². The number of sulfonamides is 1. The van der Waals surface area contributed by atoms with Crippen molar-refractivity contribution < 1.29 is 13.2 Å². The predicted octanol–water partition coefficient (Wildman–Crippen LogP) is 2.65. The van der Waals surface area contributed by atoms with Crippen LogP contribution >= 0.6 is 0 Å². The molecular weight excluding hydrogens is 374 g/mol. The Hall–Kier alpha value is -2.38. The fourth-order valence-corrected chi connectivity index (χ4v) is 4.41. The maximum Gasteiger partial charge on any atom is 0.253 e. The van der Waals surface area contributed by atoms with Gasteiger partial charge in [0.2, 0.25) is 10.0 Å². The number of anilines is 1. The SMILES string of the molecule is CCNS(=O)(=O)c1ccc(C(=O)N2CCCN(c3ccc(C)cc3)CC2)cc1. The lowest BCUT2D eigenvalue weighted by Crippen LogP contribution is -2.35. The molecule has 2 aromatic carbocycles. The van der Waals surface area contributed by atoms with E-state index in [-0.39, 0.29) is 10.8 Å². The molecule has 6 nitrogen and oxygen atoms in total. The lowest BCUT2D eigenvalue weighted by molar-refractivity contribution is 0.0767. The molecule has 1 aliphatic heterocycles. The standard InChI is InChI=1S/C21H27N3O3S/c1-3-22-28(26,27)20-11-7-18(8-12-20)21(25)24-14-4-13-23(15-16-24)19-9-5-17(2)6-10-19/h5-12,22H,3-4,13-16H2,1-2H3. The average Bonchev–Trinajstić information content (AvgIpc) is 2.94. The Morgan fingerprint density at radius 2 is 1.64 bits per heavy atom. The van der Waals surface area contributed by atoms with Crippen molar-refractivity contribution in [3.05, 3.63) is 59.7 Å². The third kappa shape index (κ3) is 4.72. The van der Waals surface area contributed by atoms with Crippen LogP contribution in [0.5, 0.6) is 0 Å². The van der Waals surface area contributed by atoms with E-state index in [4.69, 9.17) is 0 Å². The first kappa shape index (κ1) is 20.4. The molecule has 28 heavy (non-hydrogen) atoms. The van der Waals surface area contributed by atoms with Crippen LogP contribution < -0.4 is 9.62 Å². The van der Waals surface area contributed by atoms with Crippen LogP contribution in [0, 0.1) is 6.92 Å². The van der Waals surface area contributed by atoms with Crippen molar-refractivity contribution in [1.29, 1.82) is 0 Å². The summed E-state index contributed by atoms with van der Waals surface area (Å²) in [5, 5.41) is 0. The van der Waals surface area contributed by atoms with E-state index < -0.39 is 10.0 Å². The van der Waals surface area contributed by atoms with Gasteiger partial charge in [0.15, 0.2) is 0 Å². The Labute approximate surface area is 167 Å². The Morgan fingerprint density at radius 3 is 2.29 bits per heavy atom. The first-order valence-corrected chi connectivity index (χ1v) is 11.1. The summed E-state index contributed by atoms with van der Waals surface area (Å²) in [5.74, 6) is -0.0573. The molecule has 0 aromatic heterocycles. The van der Waals surface area contributed by atoms with Crippen LogP contribution in [0.3, 0.4) is 0 Å². The van der Waals surface area contributed by atoms with Crippen molar-refractivity contribution in [1.82, 2.24) is 9.62 Å². The van der Waals surface area contributed by atoms with E-state index in [0.29, 0.717) is 25.2 Å². The van der Waals surface area contributed by atoms with Crippen molar-refractivity contribution in [2.75, 3.05) is 37.6 Å². The molecule has 1 aliphatic rings. The van der Waals surface area contributed by atoms with Crippen molar-refractivity contribution >= 4 is 21.6 Å². The summed E-state index contributed by atoms with van der Waals surface area (Å²) in [7, 11) is -3.51. The molecule has 150 valence electrons. The number of hydrogen-bond donors (Lipinski definition) is 1. The monoisotopic (exact) mass is 401 g/mol. The molecule has 0 unspecified atom stereocenters. The molecule has 7 heteroatoms. The second kappa shape index (κ2) is 8.75. The summed E-state index contributed by atoms with van der Waals surface area (Å²) in [6.45, 7) is 7.15. The molecule has 0 aliphatic carbocycles. The summed E-state index contributed by atoms with van der Waals surface area (Å²) in [4.78, 5) is 17.2. The van der Waals surface area contributed by atoms with Crippen LogP contribution in [0.2, 0.25) is 0 Å². The zero-order chi connectivity index (χ0) is 20.1. The van der Waals surface area contributed by atoms with E-state index in [1.54, 1.807) is 19.1 Å². The second-order valence-corrected chi connectivity index (χ2v) is 8.76. The number of carbonyl (C=O) groups excluding carboxylic acids is 1. The van der Waals surface area contributed by atoms with Crippen LogP contribution in [0.1, 0.15) is 29.3 Å². The van der Waals surface area contributed by atoms with Gasteiger partial charge in [-0.25, -0.2) is 13.1 Å². The number of benzene rings is 2. The minimum Gasteiger partial charge on any atom is -0.370 e. The lowest BCUT2D eigenvalue weighted by Gasteiger charge is -2.24. The van der Waals surface area contributed by atoms with E-state index in [2.05, 4.69) is 40.8 Å². The van der Waals surface area contributed by atoms with Gasteiger partial charge in [0.1, 0.15) is 0 Å². The highest BCUT2D eigenvalue weighted by Gasteiger charge is 2.21. The molecule has 1 fully saturated rings. The molecule has 0 radical (unpaired) electrons. The number of carbonyl (C=O) groups is 1. The van der Waals surface area contributed by atoms with Crippen molar-refractivity contribution in [2.45, 2.75) is 25.2 Å². The largest absolute Gasteiger partial charge is 0.370 e. The first-order chi connectivity index (χ1) is 13.4. The first-order valence-electron chi connectivity index (χ1n) is 9.61. The van der Waals surface area contributed by atoms with Gasteiger partial charge in [-0.3, -0.25) is 4.79 Å². The Bertz CT molecular complexity index is 909. The molecule has 0 atom stereocenters. The van der Waals surface area contributed by atoms with E-state index >= 15 is 0 Å². The maximum absolute atomic E-state index is 12.9. The van der Waals surface area contributed by atoms with Crippen molar-refractivity contribution in [2.24, 2.45) is 0 Å². The zero-order valence-electron chi connectivity index (χ0n) is 16.4. The zero-order valence-corrected chi connectivity index (χ0v) is 17.2. The number of rotatable bonds is 5. The van der Waals surface area contributed by atoms with E-state index in [1.165, 1.54) is 23.4 Å². The van der Waals surface area contributed by atoms with Gasteiger partial charge in [-0.15, -0.1) is 0 Å². The lowest BCUT2D eigenvalue weighted by atomic mass is 10.2. The number of hydrogen-bond acceptors (Lipinski definition) is 4. The number of nitrogens with one attached hydrogen (secondary N) is 1. The van der Waals surface area contributed by atoms with E-state index in [9.17, 15) is 13.2 Å². The van der Waals surface area contributed by atoms with Crippen molar-refractivity contribution in [3.63, 3.8) is 0 Å². The molecule has 1 amide bonds. The van der Waals surface area contributed by atoms with Gasteiger partial charge < -0.3 is 9.80 Å². The summed E-state index contributed by atoms with van der Waals surface area (Å²) < 4.78 is 26.5. The van der Waals surface area contributed by atoms with Gasteiger partial charge >= 0.3 is 0 Å². The van der Waals surface area contributed by atoms with Gasteiger partial charge in [-0.2, -0.15) is 0 Å². The highest BCUT2D eigenvalue weighted by Crippen LogP contribution is 2.19. The average molecular weight is 402 g/mol. The topological polar surface area (TPSA) is 69.7 Å².